The number of imidazole rings is 1. The SMILES string of the molecule is c1ccc(-c2ccnc(Nc3ccc4[nH]c(-c5ccccn5)nc4c3)n2)nc1. The highest BCUT2D eigenvalue weighted by Gasteiger charge is 2.08. The molecule has 134 valence electrons. The van der Waals surface area contributed by atoms with Gasteiger partial charge in [-0.25, -0.2) is 15.0 Å². The molecule has 0 saturated carbocycles. The molecule has 7 heteroatoms. The van der Waals surface area contributed by atoms with Crippen molar-refractivity contribution < 1.29 is 0 Å². The van der Waals surface area contributed by atoms with Gasteiger partial charge >= 0.3 is 0 Å². The number of aromatic nitrogens is 6. The summed E-state index contributed by atoms with van der Waals surface area (Å²) in [6.45, 7) is 0. The molecule has 4 heterocycles. The quantitative estimate of drug-likeness (QED) is 0.495. The Morgan fingerprint density at radius 3 is 2.29 bits per heavy atom. The highest BCUT2D eigenvalue weighted by molar-refractivity contribution is 5.83. The summed E-state index contributed by atoms with van der Waals surface area (Å²) in [7, 11) is 0. The van der Waals surface area contributed by atoms with Gasteiger partial charge in [0.1, 0.15) is 5.69 Å². The molecule has 0 spiro atoms. The molecule has 0 saturated heterocycles. The Morgan fingerprint density at radius 1 is 0.679 bits per heavy atom. The Hall–Kier alpha value is -4.13. The normalized spacial score (nSPS) is 10.9. The lowest BCUT2D eigenvalue weighted by atomic mass is 10.2. The van der Waals surface area contributed by atoms with E-state index in [1.54, 1.807) is 18.6 Å². The van der Waals surface area contributed by atoms with Crippen LogP contribution in [0.1, 0.15) is 0 Å². The van der Waals surface area contributed by atoms with E-state index in [1.807, 2.05) is 60.7 Å². The molecule has 7 nitrogen and oxygen atoms in total. The summed E-state index contributed by atoms with van der Waals surface area (Å²) in [5.74, 6) is 1.24. The third kappa shape index (κ3) is 3.16. The summed E-state index contributed by atoms with van der Waals surface area (Å²) in [6.07, 6.45) is 5.21. The zero-order valence-corrected chi connectivity index (χ0v) is 14.7. The van der Waals surface area contributed by atoms with Gasteiger partial charge in [0.15, 0.2) is 5.82 Å². The van der Waals surface area contributed by atoms with Crippen LogP contribution in [0, 0.1) is 0 Å². The lowest BCUT2D eigenvalue weighted by Gasteiger charge is -2.06. The average Bonchev–Trinajstić information content (AvgIpc) is 3.19. The summed E-state index contributed by atoms with van der Waals surface area (Å²) >= 11 is 0. The number of nitrogens with zero attached hydrogens (tertiary/aromatic N) is 5. The fraction of sp³-hybridized carbons (Fsp3) is 0. The van der Waals surface area contributed by atoms with Crippen LogP contribution in [0.3, 0.4) is 0 Å². The first-order valence-corrected chi connectivity index (χ1v) is 8.78. The highest BCUT2D eigenvalue weighted by Crippen LogP contribution is 2.23. The predicted molar refractivity (Wildman–Crippen MR) is 108 cm³/mol. The van der Waals surface area contributed by atoms with E-state index in [1.165, 1.54) is 0 Å². The van der Waals surface area contributed by atoms with Gasteiger partial charge in [0, 0.05) is 24.3 Å². The lowest BCUT2D eigenvalue weighted by molar-refractivity contribution is 1.15. The maximum Gasteiger partial charge on any atom is 0.227 e. The van der Waals surface area contributed by atoms with E-state index < -0.39 is 0 Å². The molecular weight excluding hydrogens is 350 g/mol. The Bertz CT molecular complexity index is 1230. The molecule has 1 aromatic carbocycles. The second-order valence-electron chi connectivity index (χ2n) is 6.14. The molecule has 0 fully saturated rings. The summed E-state index contributed by atoms with van der Waals surface area (Å²) in [4.78, 5) is 25.5. The van der Waals surface area contributed by atoms with Crippen molar-refractivity contribution in [3.8, 4) is 22.9 Å². The maximum atomic E-state index is 4.64. The number of pyridine rings is 2. The van der Waals surface area contributed by atoms with E-state index >= 15 is 0 Å². The minimum atomic E-state index is 0.503. The van der Waals surface area contributed by atoms with E-state index in [4.69, 9.17) is 0 Å². The molecule has 2 N–H and O–H groups in total. The predicted octanol–water partition coefficient (Wildman–Crippen LogP) is 4.22. The van der Waals surface area contributed by atoms with Gasteiger partial charge in [-0.1, -0.05) is 12.1 Å². The van der Waals surface area contributed by atoms with Gasteiger partial charge in [0.25, 0.3) is 0 Å². The van der Waals surface area contributed by atoms with E-state index in [2.05, 4.69) is 35.2 Å². The Balaban J connectivity index is 1.44. The third-order valence-electron chi connectivity index (χ3n) is 4.23. The lowest BCUT2D eigenvalue weighted by Crippen LogP contribution is -1.98. The van der Waals surface area contributed by atoms with Crippen molar-refractivity contribution in [2.45, 2.75) is 0 Å². The van der Waals surface area contributed by atoms with Crippen LogP contribution in [0.2, 0.25) is 0 Å². The number of hydrogen-bond donors (Lipinski definition) is 2. The van der Waals surface area contributed by atoms with Crippen molar-refractivity contribution in [3.05, 3.63) is 79.3 Å². The number of benzene rings is 1. The fourth-order valence-electron chi connectivity index (χ4n) is 2.91. The van der Waals surface area contributed by atoms with Crippen molar-refractivity contribution in [1.29, 1.82) is 0 Å². The van der Waals surface area contributed by atoms with Crippen molar-refractivity contribution >= 4 is 22.7 Å². The van der Waals surface area contributed by atoms with Gasteiger partial charge in [-0.2, -0.15) is 0 Å². The van der Waals surface area contributed by atoms with E-state index in [9.17, 15) is 0 Å². The highest BCUT2D eigenvalue weighted by atomic mass is 15.1. The molecule has 0 bridgehead atoms. The third-order valence-corrected chi connectivity index (χ3v) is 4.23. The molecule has 0 aliphatic heterocycles. The average molecular weight is 365 g/mol. The van der Waals surface area contributed by atoms with Gasteiger partial charge in [-0.05, 0) is 48.5 Å². The minimum absolute atomic E-state index is 0.503. The first-order valence-electron chi connectivity index (χ1n) is 8.78. The van der Waals surface area contributed by atoms with Gasteiger partial charge in [0.2, 0.25) is 5.95 Å². The van der Waals surface area contributed by atoms with Gasteiger partial charge < -0.3 is 10.3 Å². The first-order chi connectivity index (χ1) is 13.8. The second-order valence-corrected chi connectivity index (χ2v) is 6.14. The molecule has 0 radical (unpaired) electrons. The molecule has 0 unspecified atom stereocenters. The zero-order valence-electron chi connectivity index (χ0n) is 14.7. The summed E-state index contributed by atoms with van der Waals surface area (Å²) in [6, 6.07) is 19.2. The van der Waals surface area contributed by atoms with Crippen LogP contribution < -0.4 is 5.32 Å². The number of aromatic amines is 1. The monoisotopic (exact) mass is 365 g/mol. The zero-order chi connectivity index (χ0) is 18.8. The number of hydrogen-bond acceptors (Lipinski definition) is 6. The Kier molecular flexibility index (Phi) is 3.95. The van der Waals surface area contributed by atoms with Crippen LogP contribution in [-0.4, -0.2) is 29.9 Å². The minimum Gasteiger partial charge on any atom is -0.337 e. The largest absolute Gasteiger partial charge is 0.337 e. The summed E-state index contributed by atoms with van der Waals surface area (Å²) in [5, 5.41) is 3.24. The number of rotatable bonds is 4. The van der Waals surface area contributed by atoms with E-state index in [0.29, 0.717) is 5.95 Å². The molecule has 0 aliphatic rings. The van der Waals surface area contributed by atoms with Crippen LogP contribution >= 0.6 is 0 Å². The molecule has 5 aromatic rings. The van der Waals surface area contributed by atoms with Crippen LogP contribution in [0.5, 0.6) is 0 Å². The standard InChI is InChI=1S/C21H15N7/c1-3-10-22-15(5-1)17-9-12-24-21(28-17)25-14-7-8-16-19(13-14)27-20(26-16)18-6-2-4-11-23-18/h1-13H,(H,26,27)(H,24,25,28). The topological polar surface area (TPSA) is 92.3 Å². The summed E-state index contributed by atoms with van der Waals surface area (Å²) < 4.78 is 0. The second kappa shape index (κ2) is 6.88. The molecule has 0 atom stereocenters. The van der Waals surface area contributed by atoms with Gasteiger partial charge in [-0.3, -0.25) is 9.97 Å². The molecule has 28 heavy (non-hydrogen) atoms. The maximum absolute atomic E-state index is 4.64. The number of anilines is 2. The van der Waals surface area contributed by atoms with Crippen molar-refractivity contribution in [2.24, 2.45) is 0 Å². The molecular formula is C21H15N7. The van der Waals surface area contributed by atoms with E-state index in [-0.39, 0.29) is 0 Å². The Labute approximate surface area is 160 Å². The summed E-state index contributed by atoms with van der Waals surface area (Å²) in [5.41, 5.74) is 5.00. The van der Waals surface area contributed by atoms with Gasteiger partial charge in [-0.15, -0.1) is 0 Å². The van der Waals surface area contributed by atoms with Crippen molar-refractivity contribution in [2.75, 3.05) is 5.32 Å². The molecule has 5 rings (SSSR count). The first kappa shape index (κ1) is 16.1. The molecule has 0 amide bonds. The van der Waals surface area contributed by atoms with Crippen molar-refractivity contribution in [3.63, 3.8) is 0 Å². The molecule has 4 aromatic heterocycles. The van der Waals surface area contributed by atoms with E-state index in [0.717, 1.165) is 39.6 Å². The van der Waals surface area contributed by atoms with Gasteiger partial charge in [0.05, 0.1) is 22.4 Å². The number of fused-ring (bicyclic) bond motifs is 1. The van der Waals surface area contributed by atoms with Crippen LogP contribution in [0.25, 0.3) is 33.9 Å². The van der Waals surface area contributed by atoms with Crippen LogP contribution in [-0.2, 0) is 0 Å². The van der Waals surface area contributed by atoms with Crippen LogP contribution in [0.15, 0.2) is 79.3 Å². The van der Waals surface area contributed by atoms with Crippen molar-refractivity contribution in [1.82, 2.24) is 29.9 Å². The molecule has 0 aliphatic carbocycles. The number of nitrogens with one attached hydrogen (secondary N) is 2. The fourth-order valence-corrected chi connectivity index (χ4v) is 2.91. The number of H-pyrrole nitrogens is 1. The Morgan fingerprint density at radius 2 is 1.50 bits per heavy atom. The smallest absolute Gasteiger partial charge is 0.227 e. The van der Waals surface area contributed by atoms with Crippen LogP contribution in [0.4, 0.5) is 11.6 Å².